The van der Waals surface area contributed by atoms with Gasteiger partial charge in [-0.3, -0.25) is 0 Å². The van der Waals surface area contributed by atoms with Crippen LogP contribution in [-0.4, -0.2) is 4.57 Å². The summed E-state index contributed by atoms with van der Waals surface area (Å²) in [6, 6.07) is 53.0. The summed E-state index contributed by atoms with van der Waals surface area (Å²) < 4.78 is 16.1. The molecule has 0 aliphatic heterocycles. The summed E-state index contributed by atoms with van der Waals surface area (Å²) in [5, 5.41) is 2.33. The fourth-order valence-corrected chi connectivity index (χ4v) is 7.58. The number of aromatic nitrogens is 1. The Morgan fingerprint density at radius 3 is 1.80 bits per heavy atom. The van der Waals surface area contributed by atoms with Gasteiger partial charge in [0.05, 0.1) is 11.0 Å². The Morgan fingerprint density at radius 1 is 0.489 bits per heavy atom. The van der Waals surface area contributed by atoms with Gasteiger partial charge in [-0.25, -0.2) is 4.39 Å². The van der Waals surface area contributed by atoms with Crippen molar-refractivity contribution in [3.63, 3.8) is 0 Å². The summed E-state index contributed by atoms with van der Waals surface area (Å²) in [7, 11) is 0. The normalized spacial score (nSPS) is 14.5. The summed E-state index contributed by atoms with van der Waals surface area (Å²) in [6.45, 7) is 0. The second-order valence-corrected chi connectivity index (χ2v) is 12.3. The minimum atomic E-state index is -0.232. The van der Waals surface area contributed by atoms with Crippen LogP contribution in [-0.2, 0) is 5.41 Å². The van der Waals surface area contributed by atoms with Gasteiger partial charge in [-0.15, -0.1) is 0 Å². The highest BCUT2D eigenvalue weighted by atomic mass is 19.1. The van der Waals surface area contributed by atoms with Crippen molar-refractivity contribution in [3.8, 4) is 5.69 Å². The average molecular weight is 587 g/mol. The summed E-state index contributed by atoms with van der Waals surface area (Å²) in [5.74, 6) is -0.232. The van der Waals surface area contributed by atoms with E-state index in [0.29, 0.717) is 0 Å². The van der Waals surface area contributed by atoms with Crippen molar-refractivity contribution in [3.05, 3.63) is 169 Å². The van der Waals surface area contributed by atoms with Crippen molar-refractivity contribution in [2.45, 2.75) is 37.5 Å². The van der Waals surface area contributed by atoms with Crippen molar-refractivity contribution in [2.75, 3.05) is 4.90 Å². The number of hydrogen-bond donors (Lipinski definition) is 0. The molecule has 0 atom stereocenters. The van der Waals surface area contributed by atoms with E-state index in [4.69, 9.17) is 0 Å². The molecule has 7 aromatic rings. The standard InChI is InChI=1S/C42H35FN2/c43-33-20-24-36(25-21-33)45-40-17-9-8-16-38(40)39-30-37(26-27-41(39)45)44(34-14-6-2-7-15-34)35-22-18-32(19-23-35)42(28-10-3-11-29-42)31-12-4-1-5-13-31/h1-2,4-9,12-27,30H,3,10-11,28-29H2. The molecule has 1 heterocycles. The van der Waals surface area contributed by atoms with Crippen molar-refractivity contribution in [1.82, 2.24) is 4.57 Å². The van der Waals surface area contributed by atoms with E-state index in [1.54, 1.807) is 0 Å². The largest absolute Gasteiger partial charge is 0.310 e. The number of para-hydroxylation sites is 2. The van der Waals surface area contributed by atoms with Crippen LogP contribution in [0.2, 0.25) is 0 Å². The first kappa shape index (κ1) is 27.4. The Kier molecular flexibility index (Phi) is 6.95. The molecule has 0 bridgehead atoms. The molecule has 0 radical (unpaired) electrons. The fourth-order valence-electron chi connectivity index (χ4n) is 7.58. The Labute approximate surface area is 264 Å². The number of rotatable bonds is 6. The topological polar surface area (TPSA) is 8.17 Å². The van der Waals surface area contributed by atoms with Crippen LogP contribution in [0, 0.1) is 5.82 Å². The van der Waals surface area contributed by atoms with Crippen LogP contribution in [0.4, 0.5) is 21.5 Å². The van der Waals surface area contributed by atoms with Gasteiger partial charge in [0.1, 0.15) is 5.82 Å². The lowest BCUT2D eigenvalue weighted by atomic mass is 9.65. The summed E-state index contributed by atoms with van der Waals surface area (Å²) >= 11 is 0. The van der Waals surface area contributed by atoms with Gasteiger partial charge in [0.2, 0.25) is 0 Å². The molecule has 0 unspecified atom stereocenters. The first-order valence-electron chi connectivity index (χ1n) is 16.0. The predicted octanol–water partition coefficient (Wildman–Crippen LogP) is 11.6. The van der Waals surface area contributed by atoms with E-state index < -0.39 is 0 Å². The van der Waals surface area contributed by atoms with Crippen LogP contribution in [0.1, 0.15) is 43.2 Å². The molecule has 0 amide bonds. The lowest BCUT2D eigenvalue weighted by Gasteiger charge is -2.39. The Bertz CT molecular complexity index is 2070. The molecule has 220 valence electrons. The number of halogens is 1. The molecular weight excluding hydrogens is 551 g/mol. The molecule has 3 heteroatoms. The molecule has 0 spiro atoms. The lowest BCUT2D eigenvalue weighted by Crippen LogP contribution is -2.30. The monoisotopic (exact) mass is 586 g/mol. The molecule has 0 N–H and O–H groups in total. The SMILES string of the molecule is Fc1ccc(-n2c3ccccc3c3cc(N(c4ccccc4)c4ccc(C5(c6ccccc6)CCCCC5)cc4)ccc32)cc1. The predicted molar refractivity (Wildman–Crippen MR) is 186 cm³/mol. The smallest absolute Gasteiger partial charge is 0.123 e. The maximum Gasteiger partial charge on any atom is 0.123 e. The molecular formula is C42H35FN2. The fraction of sp³-hybridized carbons (Fsp3) is 0.143. The molecule has 0 saturated heterocycles. The third kappa shape index (κ3) is 4.80. The van der Waals surface area contributed by atoms with Crippen LogP contribution in [0.15, 0.2) is 152 Å². The van der Waals surface area contributed by atoms with Crippen LogP contribution in [0.25, 0.3) is 27.5 Å². The Morgan fingerprint density at radius 2 is 1.07 bits per heavy atom. The van der Waals surface area contributed by atoms with E-state index in [9.17, 15) is 4.39 Å². The van der Waals surface area contributed by atoms with Gasteiger partial charge in [-0.1, -0.05) is 98.1 Å². The molecule has 1 aromatic heterocycles. The molecule has 1 aliphatic carbocycles. The summed E-state index contributed by atoms with van der Waals surface area (Å²) in [5.41, 5.74) is 9.38. The number of fused-ring (bicyclic) bond motifs is 3. The van der Waals surface area contributed by atoms with E-state index in [0.717, 1.165) is 39.2 Å². The van der Waals surface area contributed by atoms with Crippen LogP contribution < -0.4 is 4.90 Å². The van der Waals surface area contributed by atoms with Gasteiger partial charge in [0.25, 0.3) is 0 Å². The molecule has 8 rings (SSSR count). The van der Waals surface area contributed by atoms with Crippen LogP contribution in [0.5, 0.6) is 0 Å². The Hall–Kier alpha value is -5.15. The third-order valence-electron chi connectivity index (χ3n) is 9.73. The second-order valence-electron chi connectivity index (χ2n) is 12.3. The van der Waals surface area contributed by atoms with Gasteiger partial charge in [0, 0.05) is 38.9 Å². The van der Waals surface area contributed by atoms with Gasteiger partial charge >= 0.3 is 0 Å². The number of anilines is 3. The van der Waals surface area contributed by atoms with Gasteiger partial charge in [-0.2, -0.15) is 0 Å². The van der Waals surface area contributed by atoms with Crippen molar-refractivity contribution in [2.24, 2.45) is 0 Å². The van der Waals surface area contributed by atoms with E-state index in [1.165, 1.54) is 60.7 Å². The minimum Gasteiger partial charge on any atom is -0.310 e. The van der Waals surface area contributed by atoms with Crippen molar-refractivity contribution >= 4 is 38.9 Å². The van der Waals surface area contributed by atoms with E-state index in [-0.39, 0.29) is 11.2 Å². The molecule has 1 aliphatic rings. The summed E-state index contributed by atoms with van der Waals surface area (Å²) in [6.07, 6.45) is 6.21. The maximum atomic E-state index is 13.8. The lowest BCUT2D eigenvalue weighted by molar-refractivity contribution is 0.346. The third-order valence-corrected chi connectivity index (χ3v) is 9.73. The number of nitrogens with zero attached hydrogens (tertiary/aromatic N) is 2. The van der Waals surface area contributed by atoms with Crippen LogP contribution in [0.3, 0.4) is 0 Å². The second kappa shape index (κ2) is 11.4. The maximum absolute atomic E-state index is 13.8. The van der Waals surface area contributed by atoms with Crippen LogP contribution >= 0.6 is 0 Å². The van der Waals surface area contributed by atoms with Gasteiger partial charge < -0.3 is 9.47 Å². The first-order valence-corrected chi connectivity index (χ1v) is 16.0. The molecule has 45 heavy (non-hydrogen) atoms. The zero-order valence-corrected chi connectivity index (χ0v) is 25.2. The zero-order valence-electron chi connectivity index (χ0n) is 25.2. The van der Waals surface area contributed by atoms with Crippen molar-refractivity contribution < 1.29 is 4.39 Å². The number of benzene rings is 6. The highest BCUT2D eigenvalue weighted by molar-refractivity contribution is 6.10. The Balaban J connectivity index is 1.26. The minimum absolute atomic E-state index is 0.0662. The summed E-state index contributed by atoms with van der Waals surface area (Å²) in [4.78, 5) is 2.35. The van der Waals surface area contributed by atoms with E-state index in [2.05, 4.69) is 137 Å². The first-order chi connectivity index (χ1) is 22.2. The zero-order chi connectivity index (χ0) is 30.2. The average Bonchev–Trinajstić information content (AvgIpc) is 3.44. The molecule has 2 nitrogen and oxygen atoms in total. The van der Waals surface area contributed by atoms with E-state index >= 15 is 0 Å². The highest BCUT2D eigenvalue weighted by Gasteiger charge is 2.35. The molecule has 1 fully saturated rings. The van der Waals surface area contributed by atoms with Gasteiger partial charge in [0.15, 0.2) is 0 Å². The quantitative estimate of drug-likeness (QED) is 0.188. The molecule has 1 saturated carbocycles. The van der Waals surface area contributed by atoms with E-state index in [1.807, 2.05) is 12.1 Å². The highest BCUT2D eigenvalue weighted by Crippen LogP contribution is 2.46. The van der Waals surface area contributed by atoms with Gasteiger partial charge in [-0.05, 0) is 96.8 Å². The van der Waals surface area contributed by atoms with Crippen molar-refractivity contribution in [1.29, 1.82) is 0 Å². The number of hydrogen-bond acceptors (Lipinski definition) is 1. The molecule has 6 aromatic carbocycles.